The van der Waals surface area contributed by atoms with E-state index in [1.165, 1.54) is 24.7 Å². The van der Waals surface area contributed by atoms with Crippen LogP contribution in [0.25, 0.3) is 0 Å². The smallest absolute Gasteiger partial charge is 0.257 e. The molecule has 2 saturated heterocycles. The average molecular weight is 356 g/mol. The summed E-state index contributed by atoms with van der Waals surface area (Å²) in [6, 6.07) is 8.11. The van der Waals surface area contributed by atoms with Crippen LogP contribution in [0.3, 0.4) is 0 Å². The molecule has 26 heavy (non-hydrogen) atoms. The van der Waals surface area contributed by atoms with Crippen LogP contribution in [0.2, 0.25) is 0 Å². The van der Waals surface area contributed by atoms with Crippen LogP contribution in [0.15, 0.2) is 47.3 Å². The topological polar surface area (TPSA) is 53.8 Å². The van der Waals surface area contributed by atoms with E-state index >= 15 is 0 Å². The van der Waals surface area contributed by atoms with Gasteiger partial charge in [-0.2, -0.15) is 0 Å². The fraction of sp³-hybridized carbons (Fsp3) is 0.400. The summed E-state index contributed by atoms with van der Waals surface area (Å²) >= 11 is 0. The molecule has 1 aromatic heterocycles. The number of benzene rings is 1. The SMILES string of the molecule is O=C(c1ccoc1)N1CC[C@H]2[C@H](CCC(=O)N2Cc2ccc(F)cc2)C1. The third-order valence-corrected chi connectivity index (χ3v) is 5.47. The summed E-state index contributed by atoms with van der Waals surface area (Å²) in [6.07, 6.45) is 5.04. The van der Waals surface area contributed by atoms with Crippen molar-refractivity contribution in [1.82, 2.24) is 9.80 Å². The monoisotopic (exact) mass is 356 g/mol. The van der Waals surface area contributed by atoms with E-state index in [1.54, 1.807) is 18.2 Å². The van der Waals surface area contributed by atoms with E-state index < -0.39 is 0 Å². The molecule has 136 valence electrons. The third kappa shape index (κ3) is 3.23. The Hall–Kier alpha value is -2.63. The van der Waals surface area contributed by atoms with Gasteiger partial charge in [0.15, 0.2) is 0 Å². The lowest BCUT2D eigenvalue weighted by molar-refractivity contribution is -0.141. The molecule has 4 rings (SSSR count). The van der Waals surface area contributed by atoms with Crippen LogP contribution >= 0.6 is 0 Å². The van der Waals surface area contributed by atoms with Crippen molar-refractivity contribution in [2.45, 2.75) is 31.8 Å². The largest absolute Gasteiger partial charge is 0.472 e. The standard InChI is InChI=1S/C20H21FN2O3/c21-17-4-1-14(2-5-17)11-23-18-7-9-22(12-15(18)3-6-19(23)24)20(25)16-8-10-26-13-16/h1-2,4-5,8,10,13,15,18H,3,6-7,9,11-12H2/t15-,18+/m1/s1. The number of halogens is 1. The first-order valence-corrected chi connectivity index (χ1v) is 8.97. The number of amides is 2. The molecule has 3 heterocycles. The molecule has 2 aliphatic rings. The number of nitrogens with zero attached hydrogens (tertiary/aromatic N) is 2. The minimum Gasteiger partial charge on any atom is -0.472 e. The number of likely N-dealkylation sites (tertiary alicyclic amines) is 2. The first kappa shape index (κ1) is 16.8. The number of carbonyl (C=O) groups is 2. The summed E-state index contributed by atoms with van der Waals surface area (Å²) in [4.78, 5) is 28.8. The van der Waals surface area contributed by atoms with Crippen LogP contribution in [0.1, 0.15) is 35.2 Å². The summed E-state index contributed by atoms with van der Waals surface area (Å²) in [5, 5.41) is 0. The van der Waals surface area contributed by atoms with Crippen LogP contribution in [-0.2, 0) is 11.3 Å². The Morgan fingerprint density at radius 2 is 2.00 bits per heavy atom. The Bertz CT molecular complexity index is 788. The number of rotatable bonds is 3. The number of furan rings is 1. The van der Waals surface area contributed by atoms with Gasteiger partial charge in [-0.1, -0.05) is 12.1 Å². The van der Waals surface area contributed by atoms with Gasteiger partial charge in [-0.15, -0.1) is 0 Å². The van der Waals surface area contributed by atoms with Crippen molar-refractivity contribution in [3.8, 4) is 0 Å². The van der Waals surface area contributed by atoms with Crippen LogP contribution in [0.5, 0.6) is 0 Å². The van der Waals surface area contributed by atoms with Gasteiger partial charge in [0.2, 0.25) is 5.91 Å². The molecule has 2 atom stereocenters. The molecule has 2 amide bonds. The lowest BCUT2D eigenvalue weighted by Crippen LogP contribution is -2.56. The number of fused-ring (bicyclic) bond motifs is 1. The van der Waals surface area contributed by atoms with E-state index in [9.17, 15) is 14.0 Å². The molecule has 0 N–H and O–H groups in total. The Balaban J connectivity index is 1.46. The molecular formula is C20H21FN2O3. The van der Waals surface area contributed by atoms with Gasteiger partial charge in [0.25, 0.3) is 5.91 Å². The summed E-state index contributed by atoms with van der Waals surface area (Å²) in [5.74, 6) is 0.129. The van der Waals surface area contributed by atoms with E-state index in [2.05, 4.69) is 0 Å². The fourth-order valence-corrected chi connectivity index (χ4v) is 4.10. The zero-order valence-corrected chi connectivity index (χ0v) is 14.4. The van der Waals surface area contributed by atoms with Gasteiger partial charge in [-0.3, -0.25) is 9.59 Å². The third-order valence-electron chi connectivity index (χ3n) is 5.47. The Labute approximate surface area is 151 Å². The molecule has 0 aliphatic carbocycles. The lowest BCUT2D eigenvalue weighted by Gasteiger charge is -2.47. The van der Waals surface area contributed by atoms with Gasteiger partial charge >= 0.3 is 0 Å². The first-order chi connectivity index (χ1) is 12.6. The van der Waals surface area contributed by atoms with Crippen molar-refractivity contribution in [1.29, 1.82) is 0 Å². The number of carbonyl (C=O) groups excluding carboxylic acids is 2. The molecule has 1 aromatic carbocycles. The highest BCUT2D eigenvalue weighted by Crippen LogP contribution is 2.33. The zero-order valence-electron chi connectivity index (χ0n) is 14.4. The highest BCUT2D eigenvalue weighted by atomic mass is 19.1. The number of hydrogen-bond acceptors (Lipinski definition) is 3. The highest BCUT2D eigenvalue weighted by Gasteiger charge is 2.40. The van der Waals surface area contributed by atoms with Crippen LogP contribution in [0.4, 0.5) is 4.39 Å². The maximum absolute atomic E-state index is 13.1. The maximum Gasteiger partial charge on any atom is 0.257 e. The molecule has 0 spiro atoms. The van der Waals surface area contributed by atoms with Crippen molar-refractivity contribution in [3.63, 3.8) is 0 Å². The van der Waals surface area contributed by atoms with Gasteiger partial charge in [-0.25, -0.2) is 4.39 Å². The molecule has 0 saturated carbocycles. The first-order valence-electron chi connectivity index (χ1n) is 8.97. The quantitative estimate of drug-likeness (QED) is 0.849. The van der Waals surface area contributed by atoms with Crippen molar-refractivity contribution in [2.75, 3.05) is 13.1 Å². The molecule has 0 bridgehead atoms. The normalized spacial score (nSPS) is 23.0. The van der Waals surface area contributed by atoms with Crippen LogP contribution in [0, 0.1) is 11.7 Å². The van der Waals surface area contributed by atoms with E-state index in [1.807, 2.05) is 9.80 Å². The highest BCUT2D eigenvalue weighted by molar-refractivity contribution is 5.94. The van der Waals surface area contributed by atoms with Crippen LogP contribution in [-0.4, -0.2) is 40.7 Å². The van der Waals surface area contributed by atoms with Gasteiger partial charge in [0.1, 0.15) is 12.1 Å². The van der Waals surface area contributed by atoms with E-state index in [-0.39, 0.29) is 29.6 Å². The van der Waals surface area contributed by atoms with Gasteiger partial charge in [-0.05, 0) is 42.5 Å². The molecule has 0 unspecified atom stereocenters. The molecule has 2 fully saturated rings. The van der Waals surface area contributed by atoms with Crippen LogP contribution < -0.4 is 0 Å². The second-order valence-corrected chi connectivity index (χ2v) is 7.07. The Kier molecular flexibility index (Phi) is 4.49. The second-order valence-electron chi connectivity index (χ2n) is 7.07. The summed E-state index contributed by atoms with van der Waals surface area (Å²) < 4.78 is 18.1. The minimum atomic E-state index is -0.275. The molecule has 2 aliphatic heterocycles. The predicted molar refractivity (Wildman–Crippen MR) is 92.7 cm³/mol. The fourth-order valence-electron chi connectivity index (χ4n) is 4.10. The lowest BCUT2D eigenvalue weighted by atomic mass is 9.83. The van der Waals surface area contributed by atoms with Crippen molar-refractivity contribution < 1.29 is 18.4 Å². The van der Waals surface area contributed by atoms with Gasteiger partial charge < -0.3 is 14.2 Å². The van der Waals surface area contributed by atoms with E-state index in [0.29, 0.717) is 31.6 Å². The van der Waals surface area contributed by atoms with Crippen molar-refractivity contribution in [2.24, 2.45) is 5.92 Å². The number of piperidine rings is 2. The average Bonchev–Trinajstić information content (AvgIpc) is 3.19. The zero-order chi connectivity index (χ0) is 18.1. The second kappa shape index (κ2) is 6.94. The van der Waals surface area contributed by atoms with E-state index in [0.717, 1.165) is 18.4 Å². The van der Waals surface area contributed by atoms with Crippen molar-refractivity contribution >= 4 is 11.8 Å². The van der Waals surface area contributed by atoms with Gasteiger partial charge in [0, 0.05) is 32.1 Å². The van der Waals surface area contributed by atoms with E-state index in [4.69, 9.17) is 4.42 Å². The summed E-state index contributed by atoms with van der Waals surface area (Å²) in [6.45, 7) is 1.77. The van der Waals surface area contributed by atoms with Gasteiger partial charge in [0.05, 0.1) is 11.8 Å². The Morgan fingerprint density at radius 3 is 2.73 bits per heavy atom. The Morgan fingerprint density at radius 1 is 1.19 bits per heavy atom. The van der Waals surface area contributed by atoms with Crippen molar-refractivity contribution in [3.05, 3.63) is 59.8 Å². The predicted octanol–water partition coefficient (Wildman–Crippen LogP) is 3.07. The number of hydrogen-bond donors (Lipinski definition) is 0. The molecule has 6 heteroatoms. The summed E-state index contributed by atoms with van der Waals surface area (Å²) in [5.41, 5.74) is 1.50. The molecular weight excluding hydrogens is 335 g/mol. The molecule has 5 nitrogen and oxygen atoms in total. The summed E-state index contributed by atoms with van der Waals surface area (Å²) in [7, 11) is 0. The molecule has 0 radical (unpaired) electrons. The molecule has 2 aromatic rings. The minimum absolute atomic E-state index is 0.0146. The maximum atomic E-state index is 13.1.